The predicted octanol–water partition coefficient (Wildman–Crippen LogP) is 3.23. The summed E-state index contributed by atoms with van der Waals surface area (Å²) in [4.78, 5) is 11.5. The van der Waals surface area contributed by atoms with Crippen molar-refractivity contribution >= 4 is 11.9 Å². The molecule has 0 N–H and O–H groups in total. The standard InChI is InChI=1S/C18H14O4/c1-20-13-4-5-14-11(6-13)2-3-12(9-19)15-7-17-18(8-16(14)15)22-10-21-17/h3-9H,2,10H2,1H3. The van der Waals surface area contributed by atoms with Crippen LogP contribution in [0.15, 0.2) is 36.4 Å². The van der Waals surface area contributed by atoms with Crippen molar-refractivity contribution in [2.75, 3.05) is 13.9 Å². The summed E-state index contributed by atoms with van der Waals surface area (Å²) in [7, 11) is 1.65. The van der Waals surface area contributed by atoms with E-state index in [0.29, 0.717) is 23.5 Å². The molecular formula is C18H14O4. The van der Waals surface area contributed by atoms with Gasteiger partial charge in [-0.25, -0.2) is 0 Å². The average Bonchev–Trinajstić information content (AvgIpc) is 2.95. The normalized spacial score (nSPS) is 14.5. The highest BCUT2D eigenvalue weighted by Gasteiger charge is 2.23. The lowest BCUT2D eigenvalue weighted by atomic mass is 9.94. The molecule has 0 aromatic heterocycles. The van der Waals surface area contributed by atoms with Crippen LogP contribution in [0.1, 0.15) is 11.1 Å². The first kappa shape index (κ1) is 13.0. The SMILES string of the molecule is COc1ccc2c(c1)CC=C(C=O)c1cc3c(cc1-2)OCO3. The third-order valence-electron chi connectivity index (χ3n) is 4.10. The van der Waals surface area contributed by atoms with E-state index in [4.69, 9.17) is 14.2 Å². The summed E-state index contributed by atoms with van der Waals surface area (Å²) in [6.45, 7) is 0.216. The second kappa shape index (κ2) is 4.91. The van der Waals surface area contributed by atoms with Crippen molar-refractivity contribution in [3.05, 3.63) is 47.5 Å². The van der Waals surface area contributed by atoms with Crippen LogP contribution in [0.4, 0.5) is 0 Å². The third-order valence-corrected chi connectivity index (χ3v) is 4.10. The van der Waals surface area contributed by atoms with Crippen molar-refractivity contribution in [2.24, 2.45) is 0 Å². The summed E-state index contributed by atoms with van der Waals surface area (Å²) in [5.74, 6) is 2.21. The minimum atomic E-state index is 0.216. The van der Waals surface area contributed by atoms with Crippen LogP contribution in [0.2, 0.25) is 0 Å². The van der Waals surface area contributed by atoms with Crippen molar-refractivity contribution in [2.45, 2.75) is 6.42 Å². The van der Waals surface area contributed by atoms with Crippen LogP contribution in [-0.2, 0) is 11.2 Å². The average molecular weight is 294 g/mol. The van der Waals surface area contributed by atoms with Crippen LogP contribution in [0.25, 0.3) is 16.7 Å². The van der Waals surface area contributed by atoms with Crippen LogP contribution in [0, 0.1) is 0 Å². The van der Waals surface area contributed by atoms with Gasteiger partial charge in [-0.15, -0.1) is 0 Å². The molecule has 0 fully saturated rings. The number of carbonyl (C=O) groups excluding carboxylic acids is 1. The number of carbonyl (C=O) groups is 1. The van der Waals surface area contributed by atoms with Gasteiger partial charge in [0, 0.05) is 5.57 Å². The summed E-state index contributed by atoms with van der Waals surface area (Å²) < 4.78 is 16.2. The topological polar surface area (TPSA) is 44.8 Å². The maximum atomic E-state index is 11.5. The van der Waals surface area contributed by atoms with E-state index in [-0.39, 0.29) is 6.79 Å². The van der Waals surface area contributed by atoms with E-state index in [1.54, 1.807) is 7.11 Å². The minimum absolute atomic E-state index is 0.216. The first-order chi connectivity index (χ1) is 10.8. The second-order valence-electron chi connectivity index (χ2n) is 5.26. The Labute approximate surface area is 127 Å². The molecule has 2 aromatic carbocycles. The highest BCUT2D eigenvalue weighted by atomic mass is 16.7. The Kier molecular flexibility index (Phi) is 2.89. The first-order valence-corrected chi connectivity index (χ1v) is 7.07. The number of hydrogen-bond donors (Lipinski definition) is 0. The molecule has 2 aromatic rings. The highest BCUT2D eigenvalue weighted by Crippen LogP contribution is 2.43. The van der Waals surface area contributed by atoms with Gasteiger partial charge in [-0.3, -0.25) is 4.79 Å². The first-order valence-electron chi connectivity index (χ1n) is 7.07. The van der Waals surface area contributed by atoms with E-state index in [9.17, 15) is 4.79 Å². The Balaban J connectivity index is 1.99. The molecule has 0 saturated heterocycles. The van der Waals surface area contributed by atoms with Gasteiger partial charge in [0.1, 0.15) is 12.0 Å². The number of rotatable bonds is 2. The second-order valence-corrected chi connectivity index (χ2v) is 5.26. The lowest BCUT2D eigenvalue weighted by Gasteiger charge is -2.12. The lowest BCUT2D eigenvalue weighted by molar-refractivity contribution is -0.103. The van der Waals surface area contributed by atoms with Gasteiger partial charge in [-0.05, 0) is 52.9 Å². The molecule has 0 unspecified atom stereocenters. The molecule has 0 bridgehead atoms. The fourth-order valence-electron chi connectivity index (χ4n) is 2.97. The quantitative estimate of drug-likeness (QED) is 0.798. The summed E-state index contributed by atoms with van der Waals surface area (Å²) in [6.07, 6.45) is 3.52. The monoisotopic (exact) mass is 294 g/mol. The van der Waals surface area contributed by atoms with E-state index < -0.39 is 0 Å². The van der Waals surface area contributed by atoms with Crippen LogP contribution < -0.4 is 14.2 Å². The Morgan fingerprint density at radius 1 is 1.05 bits per heavy atom. The largest absolute Gasteiger partial charge is 0.497 e. The van der Waals surface area contributed by atoms with Gasteiger partial charge in [0.05, 0.1) is 7.11 Å². The van der Waals surface area contributed by atoms with E-state index >= 15 is 0 Å². The molecule has 22 heavy (non-hydrogen) atoms. The molecule has 0 saturated carbocycles. The van der Waals surface area contributed by atoms with Crippen LogP contribution in [0.3, 0.4) is 0 Å². The Morgan fingerprint density at radius 2 is 1.82 bits per heavy atom. The molecule has 1 aliphatic heterocycles. The van der Waals surface area contributed by atoms with E-state index in [0.717, 1.165) is 34.3 Å². The van der Waals surface area contributed by atoms with Gasteiger partial charge in [0.25, 0.3) is 0 Å². The van der Waals surface area contributed by atoms with Crippen molar-refractivity contribution in [3.63, 3.8) is 0 Å². The van der Waals surface area contributed by atoms with Gasteiger partial charge in [-0.1, -0.05) is 12.1 Å². The minimum Gasteiger partial charge on any atom is -0.497 e. The lowest BCUT2D eigenvalue weighted by Crippen LogP contribution is -1.93. The van der Waals surface area contributed by atoms with E-state index in [1.165, 1.54) is 0 Å². The zero-order valence-electron chi connectivity index (χ0n) is 12.1. The summed E-state index contributed by atoms with van der Waals surface area (Å²) in [5.41, 5.74) is 4.74. The molecular weight excluding hydrogens is 280 g/mol. The third kappa shape index (κ3) is 1.88. The van der Waals surface area contributed by atoms with Gasteiger partial charge in [0.15, 0.2) is 11.5 Å². The fourth-order valence-corrected chi connectivity index (χ4v) is 2.97. The number of methoxy groups -OCH3 is 1. The number of benzene rings is 2. The number of aldehydes is 1. The van der Waals surface area contributed by atoms with E-state index in [1.807, 2.05) is 36.4 Å². The smallest absolute Gasteiger partial charge is 0.231 e. The van der Waals surface area contributed by atoms with Crippen LogP contribution in [0.5, 0.6) is 17.2 Å². The molecule has 0 amide bonds. The summed E-state index contributed by atoms with van der Waals surface area (Å²) in [5, 5.41) is 0. The predicted molar refractivity (Wildman–Crippen MR) is 82.3 cm³/mol. The van der Waals surface area contributed by atoms with Crippen molar-refractivity contribution in [1.82, 2.24) is 0 Å². The molecule has 4 rings (SSSR count). The Hall–Kier alpha value is -2.75. The number of fused-ring (bicyclic) bond motifs is 4. The summed E-state index contributed by atoms with van der Waals surface area (Å²) >= 11 is 0. The van der Waals surface area contributed by atoms with Crippen molar-refractivity contribution in [1.29, 1.82) is 0 Å². The molecule has 4 nitrogen and oxygen atoms in total. The maximum Gasteiger partial charge on any atom is 0.231 e. The number of allylic oxidation sites excluding steroid dienone is 2. The molecule has 4 heteroatoms. The van der Waals surface area contributed by atoms with Crippen molar-refractivity contribution < 1.29 is 19.0 Å². The van der Waals surface area contributed by atoms with Gasteiger partial charge < -0.3 is 14.2 Å². The molecule has 1 aliphatic carbocycles. The zero-order chi connectivity index (χ0) is 15.1. The van der Waals surface area contributed by atoms with E-state index in [2.05, 4.69) is 0 Å². The van der Waals surface area contributed by atoms with Crippen molar-refractivity contribution in [3.8, 4) is 28.4 Å². The molecule has 2 aliphatic rings. The zero-order valence-corrected chi connectivity index (χ0v) is 12.1. The molecule has 0 atom stereocenters. The molecule has 0 radical (unpaired) electrons. The fraction of sp³-hybridized carbons (Fsp3) is 0.167. The summed E-state index contributed by atoms with van der Waals surface area (Å²) in [6, 6.07) is 9.80. The van der Waals surface area contributed by atoms with Gasteiger partial charge >= 0.3 is 0 Å². The maximum absolute atomic E-state index is 11.5. The van der Waals surface area contributed by atoms with Crippen LogP contribution >= 0.6 is 0 Å². The molecule has 0 spiro atoms. The molecule has 110 valence electrons. The number of hydrogen-bond acceptors (Lipinski definition) is 4. The van der Waals surface area contributed by atoms with Gasteiger partial charge in [-0.2, -0.15) is 0 Å². The molecule has 1 heterocycles. The Bertz CT molecular complexity index is 805. The number of ether oxygens (including phenoxy) is 3. The van der Waals surface area contributed by atoms with Crippen LogP contribution in [-0.4, -0.2) is 20.2 Å². The highest BCUT2D eigenvalue weighted by molar-refractivity contribution is 6.11. The van der Waals surface area contributed by atoms with Gasteiger partial charge in [0.2, 0.25) is 6.79 Å². The Morgan fingerprint density at radius 3 is 2.55 bits per heavy atom.